The molecule has 1 aromatic heterocycles. The molecule has 2 aromatic carbocycles. The van der Waals surface area contributed by atoms with Gasteiger partial charge in [-0.05, 0) is 43.2 Å². The Bertz CT molecular complexity index is 744. The molecule has 0 radical (unpaired) electrons. The Labute approximate surface area is 112 Å². The summed E-state index contributed by atoms with van der Waals surface area (Å²) in [4.78, 5) is 4.61. The molecule has 1 N–H and O–H groups in total. The predicted molar refractivity (Wildman–Crippen MR) is 78.5 cm³/mol. The molecule has 0 bridgehead atoms. The lowest BCUT2D eigenvalue weighted by atomic mass is 10.1. The fourth-order valence-corrected chi connectivity index (χ4v) is 2.38. The Morgan fingerprint density at radius 3 is 2.68 bits per heavy atom. The average Bonchev–Trinajstić information content (AvgIpc) is 2.82. The Morgan fingerprint density at radius 2 is 1.89 bits per heavy atom. The van der Waals surface area contributed by atoms with E-state index in [9.17, 15) is 0 Å². The number of nitrogens with zero attached hydrogens (tertiary/aromatic N) is 1. The summed E-state index contributed by atoms with van der Waals surface area (Å²) in [5.74, 6) is 0.661. The van der Waals surface area contributed by atoms with E-state index in [0.717, 1.165) is 27.9 Å². The average molecular weight is 252 g/mol. The molecule has 19 heavy (non-hydrogen) atoms. The molecule has 0 amide bonds. The topological polar surface area (TPSA) is 38.1 Å². The maximum atomic E-state index is 5.93. The van der Waals surface area contributed by atoms with E-state index in [-0.39, 0.29) is 0 Å². The van der Waals surface area contributed by atoms with Crippen molar-refractivity contribution in [1.82, 2.24) is 4.98 Å². The van der Waals surface area contributed by atoms with Gasteiger partial charge in [-0.1, -0.05) is 18.2 Å². The fraction of sp³-hybridized carbons (Fsp3) is 0.188. The van der Waals surface area contributed by atoms with E-state index in [0.29, 0.717) is 5.89 Å². The zero-order valence-electron chi connectivity index (χ0n) is 11.3. The minimum atomic E-state index is 0.661. The zero-order chi connectivity index (χ0) is 13.4. The van der Waals surface area contributed by atoms with E-state index in [1.165, 1.54) is 5.56 Å². The molecule has 3 heteroatoms. The van der Waals surface area contributed by atoms with Crippen molar-refractivity contribution in [1.29, 1.82) is 0 Å². The first-order valence-corrected chi connectivity index (χ1v) is 6.34. The molecule has 0 unspecified atom stereocenters. The van der Waals surface area contributed by atoms with Gasteiger partial charge in [-0.3, -0.25) is 0 Å². The van der Waals surface area contributed by atoms with Crippen molar-refractivity contribution in [2.75, 3.05) is 12.4 Å². The number of benzene rings is 2. The van der Waals surface area contributed by atoms with E-state index in [2.05, 4.69) is 29.4 Å². The minimum Gasteiger partial charge on any atom is -0.436 e. The minimum absolute atomic E-state index is 0.661. The molecule has 3 aromatic rings. The predicted octanol–water partition coefficient (Wildman–Crippen LogP) is 4.15. The molecule has 0 spiro atoms. The second-order valence-corrected chi connectivity index (χ2v) is 4.74. The van der Waals surface area contributed by atoms with Crippen LogP contribution in [0.5, 0.6) is 0 Å². The van der Waals surface area contributed by atoms with E-state index in [4.69, 9.17) is 4.42 Å². The van der Waals surface area contributed by atoms with Crippen LogP contribution in [0.1, 0.15) is 11.1 Å². The first-order chi connectivity index (χ1) is 9.19. The van der Waals surface area contributed by atoms with Gasteiger partial charge in [0.25, 0.3) is 0 Å². The first kappa shape index (κ1) is 11.8. The van der Waals surface area contributed by atoms with Crippen LogP contribution in [-0.4, -0.2) is 12.0 Å². The Balaban J connectivity index is 2.23. The van der Waals surface area contributed by atoms with E-state index in [1.807, 2.05) is 38.2 Å². The van der Waals surface area contributed by atoms with Crippen molar-refractivity contribution < 1.29 is 4.42 Å². The smallest absolute Gasteiger partial charge is 0.229 e. The number of oxazole rings is 1. The van der Waals surface area contributed by atoms with Crippen molar-refractivity contribution in [3.05, 3.63) is 47.5 Å². The number of hydrogen-bond donors (Lipinski definition) is 1. The molecule has 0 aliphatic carbocycles. The summed E-state index contributed by atoms with van der Waals surface area (Å²) in [6.45, 7) is 4.12. The van der Waals surface area contributed by atoms with Crippen molar-refractivity contribution in [3.8, 4) is 11.5 Å². The standard InChI is InChI=1S/C16H16N2O/c1-10-8-11(2)15-14(9-10)18-16(19-15)12-6-4-5-7-13(12)17-3/h4-9,17H,1-3H3. The number of hydrogen-bond acceptors (Lipinski definition) is 3. The highest BCUT2D eigenvalue weighted by atomic mass is 16.3. The summed E-state index contributed by atoms with van der Waals surface area (Å²) < 4.78 is 5.93. The summed E-state index contributed by atoms with van der Waals surface area (Å²) in [6.07, 6.45) is 0. The van der Waals surface area contributed by atoms with Gasteiger partial charge in [-0.2, -0.15) is 0 Å². The van der Waals surface area contributed by atoms with Crippen LogP contribution in [-0.2, 0) is 0 Å². The van der Waals surface area contributed by atoms with Crippen molar-refractivity contribution in [2.45, 2.75) is 13.8 Å². The first-order valence-electron chi connectivity index (χ1n) is 6.34. The molecule has 0 saturated carbocycles. The summed E-state index contributed by atoms with van der Waals surface area (Å²) in [6, 6.07) is 12.2. The van der Waals surface area contributed by atoms with Crippen molar-refractivity contribution in [3.63, 3.8) is 0 Å². The van der Waals surface area contributed by atoms with Crippen molar-refractivity contribution >= 4 is 16.8 Å². The van der Waals surface area contributed by atoms with Gasteiger partial charge < -0.3 is 9.73 Å². The Morgan fingerprint density at radius 1 is 1.11 bits per heavy atom. The molecule has 0 aliphatic heterocycles. The number of para-hydroxylation sites is 1. The molecule has 0 atom stereocenters. The van der Waals surface area contributed by atoms with Gasteiger partial charge in [0.2, 0.25) is 5.89 Å². The van der Waals surface area contributed by atoms with Gasteiger partial charge in [0, 0.05) is 12.7 Å². The zero-order valence-corrected chi connectivity index (χ0v) is 11.3. The van der Waals surface area contributed by atoms with Crippen LogP contribution >= 0.6 is 0 Å². The summed E-state index contributed by atoms with van der Waals surface area (Å²) in [5.41, 5.74) is 6.11. The molecule has 3 rings (SSSR count). The molecular formula is C16H16N2O. The third-order valence-corrected chi connectivity index (χ3v) is 3.25. The van der Waals surface area contributed by atoms with Crippen LogP contribution in [0.2, 0.25) is 0 Å². The molecular weight excluding hydrogens is 236 g/mol. The number of nitrogens with one attached hydrogen (secondary N) is 1. The van der Waals surface area contributed by atoms with Gasteiger partial charge >= 0.3 is 0 Å². The fourth-order valence-electron chi connectivity index (χ4n) is 2.38. The van der Waals surface area contributed by atoms with Crippen LogP contribution in [0.15, 0.2) is 40.8 Å². The lowest BCUT2D eigenvalue weighted by Gasteiger charge is -2.04. The van der Waals surface area contributed by atoms with Crippen molar-refractivity contribution in [2.24, 2.45) is 0 Å². The lowest BCUT2D eigenvalue weighted by molar-refractivity contribution is 0.617. The van der Waals surface area contributed by atoms with E-state index < -0.39 is 0 Å². The monoisotopic (exact) mass is 252 g/mol. The Kier molecular flexibility index (Phi) is 2.75. The number of aromatic nitrogens is 1. The van der Waals surface area contributed by atoms with E-state index in [1.54, 1.807) is 0 Å². The molecule has 0 saturated heterocycles. The normalized spacial score (nSPS) is 10.9. The van der Waals surface area contributed by atoms with Crippen LogP contribution in [0, 0.1) is 13.8 Å². The summed E-state index contributed by atoms with van der Waals surface area (Å²) in [7, 11) is 1.90. The number of anilines is 1. The molecule has 0 fully saturated rings. The van der Waals surface area contributed by atoms with Crippen LogP contribution in [0.3, 0.4) is 0 Å². The number of fused-ring (bicyclic) bond motifs is 1. The highest BCUT2D eigenvalue weighted by Crippen LogP contribution is 2.31. The SMILES string of the molecule is CNc1ccccc1-c1nc2cc(C)cc(C)c2o1. The van der Waals surface area contributed by atoms with Gasteiger partial charge in [-0.25, -0.2) is 4.98 Å². The maximum Gasteiger partial charge on any atom is 0.229 e. The third kappa shape index (κ3) is 1.97. The van der Waals surface area contributed by atoms with Gasteiger partial charge in [-0.15, -0.1) is 0 Å². The lowest BCUT2D eigenvalue weighted by Crippen LogP contribution is -1.91. The second-order valence-electron chi connectivity index (χ2n) is 4.74. The van der Waals surface area contributed by atoms with Crippen LogP contribution in [0.25, 0.3) is 22.6 Å². The third-order valence-electron chi connectivity index (χ3n) is 3.25. The summed E-state index contributed by atoms with van der Waals surface area (Å²) >= 11 is 0. The summed E-state index contributed by atoms with van der Waals surface area (Å²) in [5, 5.41) is 3.16. The molecule has 0 aliphatic rings. The second kappa shape index (κ2) is 4.43. The van der Waals surface area contributed by atoms with Crippen LogP contribution in [0.4, 0.5) is 5.69 Å². The Hall–Kier alpha value is -2.29. The maximum absolute atomic E-state index is 5.93. The highest BCUT2D eigenvalue weighted by molar-refractivity contribution is 5.82. The van der Waals surface area contributed by atoms with E-state index >= 15 is 0 Å². The highest BCUT2D eigenvalue weighted by Gasteiger charge is 2.13. The van der Waals surface area contributed by atoms with Gasteiger partial charge in [0.05, 0.1) is 5.56 Å². The quantitative estimate of drug-likeness (QED) is 0.744. The number of aryl methyl sites for hydroxylation is 2. The molecule has 96 valence electrons. The van der Waals surface area contributed by atoms with Gasteiger partial charge in [0.1, 0.15) is 5.52 Å². The largest absolute Gasteiger partial charge is 0.436 e. The van der Waals surface area contributed by atoms with Crippen LogP contribution < -0.4 is 5.32 Å². The molecule has 1 heterocycles. The molecule has 3 nitrogen and oxygen atoms in total. The van der Waals surface area contributed by atoms with Gasteiger partial charge in [0.15, 0.2) is 5.58 Å². The number of rotatable bonds is 2.